The Morgan fingerprint density at radius 2 is 1.22 bits per heavy atom. The van der Waals surface area contributed by atoms with E-state index >= 15 is 0 Å². The molecule has 0 unspecified atom stereocenters. The summed E-state index contributed by atoms with van der Waals surface area (Å²) in [6.07, 6.45) is 0. The predicted octanol–water partition coefficient (Wildman–Crippen LogP) is 7.56. The van der Waals surface area contributed by atoms with Crippen LogP contribution in [-0.4, -0.2) is 9.55 Å². The Kier molecular flexibility index (Phi) is 5.07. The number of benzene rings is 4. The van der Waals surface area contributed by atoms with Crippen molar-refractivity contribution in [2.45, 2.75) is 6.92 Å². The number of aryl methyl sites for hydroxylation is 1. The molecule has 0 atom stereocenters. The molecule has 4 nitrogen and oxygen atoms in total. The van der Waals surface area contributed by atoms with Gasteiger partial charge in [-0.1, -0.05) is 54.6 Å². The number of hydrogen-bond donors (Lipinski definition) is 0. The van der Waals surface area contributed by atoms with Gasteiger partial charge in [-0.25, -0.2) is 4.98 Å². The minimum absolute atomic E-state index is 0.582. The Labute approximate surface area is 208 Å². The van der Waals surface area contributed by atoms with Gasteiger partial charge < -0.3 is 0 Å². The lowest BCUT2D eigenvalue weighted by Crippen LogP contribution is -2.00. The number of fused-ring (bicyclic) bond motifs is 3. The molecular weight excluding hydrogens is 440 g/mol. The third-order valence-corrected chi connectivity index (χ3v) is 6.50. The second-order valence-corrected chi connectivity index (χ2v) is 8.82. The molecule has 168 valence electrons. The average molecular weight is 461 g/mol. The first kappa shape index (κ1) is 21.4. The highest BCUT2D eigenvalue weighted by Gasteiger charge is 2.16. The lowest BCUT2D eigenvalue weighted by molar-refractivity contribution is 1.07. The first-order valence-electron chi connectivity index (χ1n) is 11.7. The maximum absolute atomic E-state index is 9.49. The van der Waals surface area contributed by atoms with Crippen molar-refractivity contribution in [3.63, 3.8) is 0 Å². The number of rotatable bonds is 3. The van der Waals surface area contributed by atoms with Crippen molar-refractivity contribution in [1.82, 2.24) is 9.55 Å². The van der Waals surface area contributed by atoms with Gasteiger partial charge in [0.2, 0.25) is 0 Å². The maximum Gasteiger partial charge on any atom is 0.138 e. The van der Waals surface area contributed by atoms with Gasteiger partial charge in [0, 0.05) is 16.3 Å². The number of aromatic nitrogens is 2. The van der Waals surface area contributed by atoms with Crippen LogP contribution in [0.5, 0.6) is 0 Å². The van der Waals surface area contributed by atoms with Crippen LogP contribution in [0.4, 0.5) is 0 Å². The third-order valence-electron chi connectivity index (χ3n) is 6.50. The molecule has 0 fully saturated rings. The molecule has 4 aromatic carbocycles. The normalized spacial score (nSPS) is 10.9. The van der Waals surface area contributed by atoms with Gasteiger partial charge in [-0.3, -0.25) is 4.57 Å². The summed E-state index contributed by atoms with van der Waals surface area (Å²) in [6.45, 7) is 2.08. The molecular formula is C32H20N4. The minimum atomic E-state index is 0.582. The summed E-state index contributed by atoms with van der Waals surface area (Å²) >= 11 is 0. The van der Waals surface area contributed by atoms with Crippen LogP contribution in [0.15, 0.2) is 103 Å². The summed E-state index contributed by atoms with van der Waals surface area (Å²) in [5, 5.41) is 20.8. The zero-order valence-electron chi connectivity index (χ0n) is 19.6. The van der Waals surface area contributed by atoms with Crippen LogP contribution < -0.4 is 0 Å². The van der Waals surface area contributed by atoms with Gasteiger partial charge in [0.25, 0.3) is 0 Å². The van der Waals surface area contributed by atoms with Crippen LogP contribution in [0.2, 0.25) is 0 Å². The summed E-state index contributed by atoms with van der Waals surface area (Å²) in [6, 6.07) is 38.7. The lowest BCUT2D eigenvalue weighted by atomic mass is 9.97. The van der Waals surface area contributed by atoms with Gasteiger partial charge in [-0.05, 0) is 72.1 Å². The van der Waals surface area contributed by atoms with E-state index in [0.717, 1.165) is 55.6 Å². The van der Waals surface area contributed by atoms with Crippen LogP contribution in [-0.2, 0) is 0 Å². The molecule has 0 aliphatic carbocycles. The molecule has 0 aliphatic heterocycles. The molecule has 6 aromatic rings. The Morgan fingerprint density at radius 3 is 1.83 bits per heavy atom. The highest BCUT2D eigenvalue weighted by Crippen LogP contribution is 2.35. The molecule has 0 amide bonds. The maximum atomic E-state index is 9.49. The second-order valence-electron chi connectivity index (χ2n) is 8.82. The fraction of sp³-hybridized carbons (Fsp3) is 0.0312. The molecule has 2 aromatic heterocycles. The molecule has 0 saturated carbocycles. The molecule has 0 bridgehead atoms. The van der Waals surface area contributed by atoms with Gasteiger partial charge in [0.1, 0.15) is 5.82 Å². The number of nitrogens with zero attached hydrogens (tertiary/aromatic N) is 4. The van der Waals surface area contributed by atoms with Crippen molar-refractivity contribution in [2.75, 3.05) is 0 Å². The molecule has 36 heavy (non-hydrogen) atoms. The molecule has 0 spiro atoms. The van der Waals surface area contributed by atoms with Crippen LogP contribution in [0, 0.1) is 29.6 Å². The molecule has 0 aliphatic rings. The molecule has 0 radical (unpaired) electrons. The zero-order chi connectivity index (χ0) is 24.6. The fourth-order valence-corrected chi connectivity index (χ4v) is 4.89. The van der Waals surface area contributed by atoms with Crippen molar-refractivity contribution in [3.8, 4) is 40.3 Å². The molecule has 6 rings (SSSR count). The van der Waals surface area contributed by atoms with Gasteiger partial charge in [-0.2, -0.15) is 10.5 Å². The van der Waals surface area contributed by atoms with E-state index in [1.54, 1.807) is 0 Å². The van der Waals surface area contributed by atoms with E-state index in [2.05, 4.69) is 66.1 Å². The van der Waals surface area contributed by atoms with Crippen molar-refractivity contribution >= 4 is 21.8 Å². The van der Waals surface area contributed by atoms with Crippen LogP contribution >= 0.6 is 0 Å². The number of nitriles is 2. The Balaban J connectivity index is 1.63. The Hall–Kier alpha value is -5.19. The first-order valence-corrected chi connectivity index (χ1v) is 11.7. The SMILES string of the molecule is Cc1cc(-c2ccccc2-c2ccccc2)nc(-n2c3ccc(C#N)cc3c3cc(C#N)ccc32)c1. The van der Waals surface area contributed by atoms with Crippen molar-refractivity contribution in [2.24, 2.45) is 0 Å². The van der Waals surface area contributed by atoms with Gasteiger partial charge in [0.05, 0.1) is 40.0 Å². The summed E-state index contributed by atoms with van der Waals surface area (Å²) in [7, 11) is 0. The van der Waals surface area contributed by atoms with Crippen molar-refractivity contribution in [3.05, 3.63) is 120 Å². The van der Waals surface area contributed by atoms with Crippen molar-refractivity contribution < 1.29 is 0 Å². The highest BCUT2D eigenvalue weighted by molar-refractivity contribution is 6.10. The van der Waals surface area contributed by atoms with Crippen LogP contribution in [0.25, 0.3) is 50.0 Å². The van der Waals surface area contributed by atoms with Crippen LogP contribution in [0.1, 0.15) is 16.7 Å². The van der Waals surface area contributed by atoms with E-state index in [9.17, 15) is 10.5 Å². The quantitative estimate of drug-likeness (QED) is 0.274. The Bertz CT molecular complexity index is 1790. The highest BCUT2D eigenvalue weighted by atomic mass is 15.1. The zero-order valence-corrected chi connectivity index (χ0v) is 19.6. The first-order chi connectivity index (χ1) is 17.7. The number of hydrogen-bond acceptors (Lipinski definition) is 3. The van der Waals surface area contributed by atoms with Gasteiger partial charge in [0.15, 0.2) is 0 Å². The van der Waals surface area contributed by atoms with E-state index in [4.69, 9.17) is 4.98 Å². The van der Waals surface area contributed by atoms with E-state index in [0.29, 0.717) is 11.1 Å². The third kappa shape index (κ3) is 3.50. The van der Waals surface area contributed by atoms with E-state index in [1.165, 1.54) is 0 Å². The molecule has 4 heteroatoms. The molecule has 2 heterocycles. The minimum Gasteiger partial charge on any atom is -0.294 e. The van der Waals surface area contributed by atoms with E-state index in [1.807, 2.05) is 60.7 Å². The van der Waals surface area contributed by atoms with E-state index < -0.39 is 0 Å². The Morgan fingerprint density at radius 1 is 0.639 bits per heavy atom. The largest absolute Gasteiger partial charge is 0.294 e. The summed E-state index contributed by atoms with van der Waals surface area (Å²) in [5.74, 6) is 0.794. The molecule has 0 N–H and O–H groups in total. The summed E-state index contributed by atoms with van der Waals surface area (Å²) in [4.78, 5) is 5.15. The van der Waals surface area contributed by atoms with Crippen LogP contribution in [0.3, 0.4) is 0 Å². The van der Waals surface area contributed by atoms with Crippen molar-refractivity contribution in [1.29, 1.82) is 10.5 Å². The van der Waals surface area contributed by atoms with E-state index in [-0.39, 0.29) is 0 Å². The molecule has 0 saturated heterocycles. The predicted molar refractivity (Wildman–Crippen MR) is 144 cm³/mol. The standard InChI is InChI=1S/C32H20N4/c1-21-15-29(26-10-6-5-9-25(26)24-7-3-2-4-8-24)35-32(16-21)36-30-13-11-22(19-33)17-27(30)28-18-23(20-34)12-14-31(28)36/h2-18H,1H3. The van der Waals surface area contributed by atoms with Gasteiger partial charge >= 0.3 is 0 Å². The lowest BCUT2D eigenvalue weighted by Gasteiger charge is -2.14. The summed E-state index contributed by atoms with van der Waals surface area (Å²) in [5.41, 5.74) is 8.37. The second kappa shape index (κ2) is 8.55. The van der Waals surface area contributed by atoms with Gasteiger partial charge in [-0.15, -0.1) is 0 Å². The monoisotopic (exact) mass is 460 g/mol. The fourth-order valence-electron chi connectivity index (χ4n) is 4.89. The topological polar surface area (TPSA) is 65.4 Å². The average Bonchev–Trinajstić information content (AvgIpc) is 3.26. The smallest absolute Gasteiger partial charge is 0.138 e. The number of pyridine rings is 1. The summed E-state index contributed by atoms with van der Waals surface area (Å²) < 4.78 is 2.12.